The SMILES string of the molecule is C[C@@H](C(=O)Nc1ccc(F)cc1)[NH+]1CCOCC1. The molecular formula is C13H18FN2O2+. The first-order valence-electron chi connectivity index (χ1n) is 6.15. The van der Waals surface area contributed by atoms with Crippen molar-refractivity contribution in [3.63, 3.8) is 0 Å². The van der Waals surface area contributed by atoms with Crippen LogP contribution in [0.15, 0.2) is 24.3 Å². The number of nitrogens with one attached hydrogen (secondary N) is 2. The molecule has 18 heavy (non-hydrogen) atoms. The minimum atomic E-state index is -0.306. The number of ether oxygens (including phenoxy) is 1. The van der Waals surface area contributed by atoms with E-state index in [0.29, 0.717) is 18.9 Å². The number of hydrogen-bond acceptors (Lipinski definition) is 2. The maximum absolute atomic E-state index is 12.7. The van der Waals surface area contributed by atoms with Crippen molar-refractivity contribution in [1.82, 2.24) is 0 Å². The van der Waals surface area contributed by atoms with E-state index in [2.05, 4.69) is 5.32 Å². The van der Waals surface area contributed by atoms with Crippen LogP contribution in [0.1, 0.15) is 6.92 Å². The van der Waals surface area contributed by atoms with Gasteiger partial charge in [0.15, 0.2) is 6.04 Å². The van der Waals surface area contributed by atoms with Gasteiger partial charge >= 0.3 is 0 Å². The van der Waals surface area contributed by atoms with Crippen molar-refractivity contribution in [3.05, 3.63) is 30.1 Å². The maximum Gasteiger partial charge on any atom is 0.282 e. The third kappa shape index (κ3) is 3.27. The minimum Gasteiger partial charge on any atom is -0.370 e. The Bertz CT molecular complexity index is 402. The number of carbonyl (C=O) groups is 1. The highest BCUT2D eigenvalue weighted by molar-refractivity contribution is 5.93. The fourth-order valence-corrected chi connectivity index (χ4v) is 2.04. The van der Waals surface area contributed by atoms with Gasteiger partial charge in [-0.15, -0.1) is 0 Å². The highest BCUT2D eigenvalue weighted by Gasteiger charge is 2.26. The van der Waals surface area contributed by atoms with Crippen molar-refractivity contribution < 1.29 is 18.8 Å². The number of hydrogen-bond donors (Lipinski definition) is 2. The predicted octanol–water partition coefficient (Wildman–Crippen LogP) is 0.0678. The van der Waals surface area contributed by atoms with E-state index >= 15 is 0 Å². The smallest absolute Gasteiger partial charge is 0.282 e. The molecule has 0 radical (unpaired) electrons. The van der Waals surface area contributed by atoms with E-state index < -0.39 is 0 Å². The fourth-order valence-electron chi connectivity index (χ4n) is 2.04. The van der Waals surface area contributed by atoms with Gasteiger partial charge in [-0.2, -0.15) is 0 Å². The lowest BCUT2D eigenvalue weighted by Crippen LogP contribution is -3.18. The molecule has 1 aromatic carbocycles. The molecule has 0 aromatic heterocycles. The number of carbonyl (C=O) groups excluding carboxylic acids is 1. The number of anilines is 1. The van der Waals surface area contributed by atoms with Crippen molar-refractivity contribution in [2.24, 2.45) is 0 Å². The molecule has 0 aliphatic carbocycles. The summed E-state index contributed by atoms with van der Waals surface area (Å²) in [5, 5.41) is 2.80. The Kier molecular flexibility index (Phi) is 4.28. The quantitative estimate of drug-likeness (QED) is 0.800. The Balaban J connectivity index is 1.92. The van der Waals surface area contributed by atoms with Crippen LogP contribution in [0.25, 0.3) is 0 Å². The Morgan fingerprint density at radius 1 is 1.33 bits per heavy atom. The van der Waals surface area contributed by atoms with Crippen LogP contribution in [0.2, 0.25) is 0 Å². The van der Waals surface area contributed by atoms with E-state index in [0.717, 1.165) is 13.1 Å². The van der Waals surface area contributed by atoms with Gasteiger partial charge in [0.25, 0.3) is 5.91 Å². The van der Waals surface area contributed by atoms with Crippen LogP contribution < -0.4 is 10.2 Å². The second-order valence-electron chi connectivity index (χ2n) is 4.49. The molecule has 1 amide bonds. The second-order valence-corrected chi connectivity index (χ2v) is 4.49. The number of halogens is 1. The average Bonchev–Trinajstić information content (AvgIpc) is 2.41. The lowest BCUT2D eigenvalue weighted by atomic mass is 10.2. The highest BCUT2D eigenvalue weighted by Crippen LogP contribution is 2.08. The molecular weight excluding hydrogens is 235 g/mol. The van der Waals surface area contributed by atoms with E-state index in [9.17, 15) is 9.18 Å². The molecule has 1 aliphatic rings. The Labute approximate surface area is 106 Å². The van der Waals surface area contributed by atoms with Crippen molar-refractivity contribution in [2.75, 3.05) is 31.6 Å². The standard InChI is InChI=1S/C13H17FN2O2/c1-10(16-6-8-18-9-7-16)13(17)15-12-4-2-11(14)3-5-12/h2-5,10H,6-9H2,1H3,(H,15,17)/p+1/t10-/m0/s1. The zero-order valence-corrected chi connectivity index (χ0v) is 10.4. The molecule has 0 saturated carbocycles. The monoisotopic (exact) mass is 253 g/mol. The number of benzene rings is 1. The summed E-state index contributed by atoms with van der Waals surface area (Å²) in [7, 11) is 0. The summed E-state index contributed by atoms with van der Waals surface area (Å²) < 4.78 is 18.0. The van der Waals surface area contributed by atoms with Crippen LogP contribution >= 0.6 is 0 Å². The largest absolute Gasteiger partial charge is 0.370 e. The lowest BCUT2D eigenvalue weighted by molar-refractivity contribution is -0.921. The molecule has 98 valence electrons. The lowest BCUT2D eigenvalue weighted by Gasteiger charge is -2.28. The summed E-state index contributed by atoms with van der Waals surface area (Å²) in [5.41, 5.74) is 0.626. The molecule has 1 atom stereocenters. The number of quaternary nitrogens is 1. The van der Waals surface area contributed by atoms with E-state index in [1.54, 1.807) is 12.1 Å². The first-order valence-corrected chi connectivity index (χ1v) is 6.15. The van der Waals surface area contributed by atoms with Gasteiger partial charge in [0.2, 0.25) is 0 Å². The minimum absolute atomic E-state index is 0.0430. The molecule has 0 bridgehead atoms. The first-order chi connectivity index (χ1) is 8.66. The summed E-state index contributed by atoms with van der Waals surface area (Å²) in [6.07, 6.45) is 0. The average molecular weight is 253 g/mol. The molecule has 1 heterocycles. The van der Waals surface area contributed by atoms with Crippen LogP contribution in [-0.2, 0) is 9.53 Å². The van der Waals surface area contributed by atoms with Gasteiger partial charge in [-0.3, -0.25) is 4.79 Å². The van der Waals surface area contributed by atoms with E-state index in [4.69, 9.17) is 4.74 Å². The first kappa shape index (κ1) is 13.0. The van der Waals surface area contributed by atoms with Gasteiger partial charge in [-0.05, 0) is 31.2 Å². The van der Waals surface area contributed by atoms with Gasteiger partial charge in [0, 0.05) is 5.69 Å². The van der Waals surface area contributed by atoms with Crippen LogP contribution in [0.4, 0.5) is 10.1 Å². The Hall–Kier alpha value is -1.46. The molecule has 5 heteroatoms. The summed E-state index contributed by atoms with van der Waals surface area (Å²) in [6, 6.07) is 5.67. The van der Waals surface area contributed by atoms with Gasteiger partial charge in [-0.25, -0.2) is 4.39 Å². The zero-order chi connectivity index (χ0) is 13.0. The molecule has 1 fully saturated rings. The van der Waals surface area contributed by atoms with Crippen LogP contribution in [0.3, 0.4) is 0 Å². The predicted molar refractivity (Wildman–Crippen MR) is 66.0 cm³/mol. The van der Waals surface area contributed by atoms with E-state index in [1.807, 2.05) is 6.92 Å². The van der Waals surface area contributed by atoms with Crippen LogP contribution in [0.5, 0.6) is 0 Å². The van der Waals surface area contributed by atoms with Crippen molar-refractivity contribution in [3.8, 4) is 0 Å². The van der Waals surface area contributed by atoms with Gasteiger partial charge in [0.1, 0.15) is 18.9 Å². The van der Waals surface area contributed by atoms with E-state index in [1.165, 1.54) is 17.0 Å². The van der Waals surface area contributed by atoms with Gasteiger partial charge in [0.05, 0.1) is 13.2 Å². The van der Waals surface area contributed by atoms with Crippen molar-refractivity contribution in [2.45, 2.75) is 13.0 Å². The summed E-state index contributed by atoms with van der Waals surface area (Å²) in [5.74, 6) is -0.349. The summed E-state index contributed by atoms with van der Waals surface area (Å²) in [4.78, 5) is 13.3. The molecule has 4 nitrogen and oxygen atoms in total. The third-order valence-corrected chi connectivity index (χ3v) is 3.25. The molecule has 1 aromatic rings. The number of morpholine rings is 1. The topological polar surface area (TPSA) is 42.8 Å². The Morgan fingerprint density at radius 3 is 2.56 bits per heavy atom. The number of rotatable bonds is 3. The van der Waals surface area contributed by atoms with Crippen LogP contribution in [0, 0.1) is 5.82 Å². The fraction of sp³-hybridized carbons (Fsp3) is 0.462. The van der Waals surface area contributed by atoms with Gasteiger partial charge < -0.3 is 15.0 Å². The third-order valence-electron chi connectivity index (χ3n) is 3.25. The zero-order valence-electron chi connectivity index (χ0n) is 10.4. The van der Waals surface area contributed by atoms with Crippen molar-refractivity contribution >= 4 is 11.6 Å². The summed E-state index contributed by atoms with van der Waals surface area (Å²) in [6.45, 7) is 4.99. The molecule has 2 N–H and O–H groups in total. The molecule has 0 spiro atoms. The molecule has 2 rings (SSSR count). The Morgan fingerprint density at radius 2 is 1.94 bits per heavy atom. The van der Waals surface area contributed by atoms with Crippen molar-refractivity contribution in [1.29, 1.82) is 0 Å². The highest BCUT2D eigenvalue weighted by atomic mass is 19.1. The normalized spacial score (nSPS) is 18.3. The summed E-state index contributed by atoms with van der Waals surface area (Å²) >= 11 is 0. The van der Waals surface area contributed by atoms with E-state index in [-0.39, 0.29) is 17.8 Å². The maximum atomic E-state index is 12.7. The molecule has 0 unspecified atom stereocenters. The second kappa shape index (κ2) is 5.93. The molecule has 1 saturated heterocycles. The number of amides is 1. The van der Waals surface area contributed by atoms with Crippen LogP contribution in [-0.4, -0.2) is 38.3 Å². The molecule has 1 aliphatic heterocycles. The van der Waals surface area contributed by atoms with Gasteiger partial charge in [-0.1, -0.05) is 0 Å².